The Kier molecular flexibility index (Phi) is 3.01. The first kappa shape index (κ1) is 10.8. The molecule has 0 heterocycles. The molecule has 2 nitrogen and oxygen atoms in total. The lowest BCUT2D eigenvalue weighted by atomic mass is 10.3. The van der Waals surface area contributed by atoms with Crippen LogP contribution in [0.15, 0.2) is 52.3 Å². The van der Waals surface area contributed by atoms with Gasteiger partial charge in [-0.15, -0.1) is 0 Å². The molecule has 0 spiro atoms. The van der Waals surface area contributed by atoms with Gasteiger partial charge in [0.2, 0.25) is 0 Å². The highest BCUT2D eigenvalue weighted by atomic mass is 32.2. The third-order valence-electron chi connectivity index (χ3n) is 2.03. The van der Waals surface area contributed by atoms with Crippen molar-refractivity contribution in [2.75, 3.05) is 5.73 Å². The van der Waals surface area contributed by atoms with E-state index in [-0.39, 0.29) is 5.75 Å². The summed E-state index contributed by atoms with van der Waals surface area (Å²) >= 11 is 1.41. The first-order valence-corrected chi connectivity index (χ1v) is 5.49. The summed E-state index contributed by atoms with van der Waals surface area (Å²) in [5.41, 5.74) is 6.26. The van der Waals surface area contributed by atoms with Gasteiger partial charge in [-0.1, -0.05) is 11.8 Å². The number of hydrogen-bond acceptors (Lipinski definition) is 3. The molecule has 0 bridgehead atoms. The number of nitrogen functional groups attached to an aromatic ring is 1. The van der Waals surface area contributed by atoms with Gasteiger partial charge in [0.05, 0.1) is 0 Å². The van der Waals surface area contributed by atoms with E-state index in [0.717, 1.165) is 9.79 Å². The molecule has 0 aliphatic heterocycles. The summed E-state index contributed by atoms with van der Waals surface area (Å²) in [6.45, 7) is 0. The molecule has 16 heavy (non-hydrogen) atoms. The zero-order valence-corrected chi connectivity index (χ0v) is 9.17. The summed E-state index contributed by atoms with van der Waals surface area (Å²) in [6, 6.07) is 11.6. The molecule has 0 fully saturated rings. The normalized spacial score (nSPS) is 10.3. The molecular weight excluding hydrogens is 225 g/mol. The Hall–Kier alpha value is -1.68. The van der Waals surface area contributed by atoms with Gasteiger partial charge in [-0.25, -0.2) is 4.39 Å². The number of nitrogens with two attached hydrogens (primary N) is 1. The first-order valence-electron chi connectivity index (χ1n) is 4.67. The Morgan fingerprint density at radius 2 is 1.62 bits per heavy atom. The molecule has 0 aliphatic carbocycles. The van der Waals surface area contributed by atoms with Crippen LogP contribution >= 0.6 is 11.8 Å². The summed E-state index contributed by atoms with van der Waals surface area (Å²) < 4.78 is 13.1. The van der Waals surface area contributed by atoms with Crippen LogP contribution in [0.2, 0.25) is 0 Å². The lowest BCUT2D eigenvalue weighted by Crippen LogP contribution is -1.83. The van der Waals surface area contributed by atoms with Crippen LogP contribution < -0.4 is 5.73 Å². The predicted octanol–water partition coefficient (Wildman–Crippen LogP) is 3.26. The minimum atomic E-state index is -0.611. The lowest BCUT2D eigenvalue weighted by molar-refractivity contribution is 0.431. The summed E-state index contributed by atoms with van der Waals surface area (Å²) in [5, 5.41) is 9.05. The Bertz CT molecular complexity index is 499. The second-order valence-electron chi connectivity index (χ2n) is 3.28. The number of anilines is 1. The highest BCUT2D eigenvalue weighted by molar-refractivity contribution is 7.99. The molecule has 2 aromatic carbocycles. The molecule has 0 unspecified atom stereocenters. The summed E-state index contributed by atoms with van der Waals surface area (Å²) in [6.07, 6.45) is 0. The van der Waals surface area contributed by atoms with Crippen molar-refractivity contribution in [1.29, 1.82) is 0 Å². The second-order valence-corrected chi connectivity index (χ2v) is 4.43. The molecule has 0 aromatic heterocycles. The fourth-order valence-electron chi connectivity index (χ4n) is 1.22. The number of benzene rings is 2. The summed E-state index contributed by atoms with van der Waals surface area (Å²) in [5.74, 6) is -0.942. The minimum absolute atomic E-state index is 0.332. The van der Waals surface area contributed by atoms with E-state index in [9.17, 15) is 4.39 Å². The molecule has 0 saturated heterocycles. The van der Waals surface area contributed by atoms with Crippen LogP contribution in [0.5, 0.6) is 5.75 Å². The molecular formula is C12H10FNOS. The Labute approximate surface area is 96.9 Å². The van der Waals surface area contributed by atoms with Gasteiger partial charge in [0, 0.05) is 15.5 Å². The largest absolute Gasteiger partial charge is 0.505 e. The standard InChI is InChI=1S/C12H10FNOS/c13-11-7-10(5-6-12(11)15)16-9-3-1-8(14)2-4-9/h1-7,15H,14H2. The number of phenols is 1. The van der Waals surface area contributed by atoms with E-state index in [1.54, 1.807) is 18.2 Å². The zero-order valence-electron chi connectivity index (χ0n) is 8.35. The van der Waals surface area contributed by atoms with Crippen molar-refractivity contribution < 1.29 is 9.50 Å². The van der Waals surface area contributed by atoms with E-state index in [4.69, 9.17) is 10.8 Å². The van der Waals surface area contributed by atoms with Crippen molar-refractivity contribution in [3.63, 3.8) is 0 Å². The van der Waals surface area contributed by atoms with E-state index in [1.165, 1.54) is 23.9 Å². The van der Waals surface area contributed by atoms with Crippen molar-refractivity contribution in [3.05, 3.63) is 48.3 Å². The second kappa shape index (κ2) is 4.45. The number of halogens is 1. The molecule has 2 rings (SSSR count). The van der Waals surface area contributed by atoms with E-state index in [1.807, 2.05) is 12.1 Å². The topological polar surface area (TPSA) is 46.2 Å². The van der Waals surface area contributed by atoms with Gasteiger partial charge < -0.3 is 10.8 Å². The smallest absolute Gasteiger partial charge is 0.165 e. The van der Waals surface area contributed by atoms with E-state index >= 15 is 0 Å². The van der Waals surface area contributed by atoms with Gasteiger partial charge in [-0.05, 0) is 42.5 Å². The van der Waals surface area contributed by atoms with Gasteiger partial charge in [0.25, 0.3) is 0 Å². The SMILES string of the molecule is Nc1ccc(Sc2ccc(O)c(F)c2)cc1. The van der Waals surface area contributed by atoms with Crippen molar-refractivity contribution in [3.8, 4) is 5.75 Å². The highest BCUT2D eigenvalue weighted by Gasteiger charge is 2.03. The Balaban J connectivity index is 2.20. The average molecular weight is 235 g/mol. The number of rotatable bonds is 2. The van der Waals surface area contributed by atoms with Gasteiger partial charge in [-0.3, -0.25) is 0 Å². The van der Waals surface area contributed by atoms with E-state index < -0.39 is 5.82 Å². The first-order chi connectivity index (χ1) is 7.65. The quantitative estimate of drug-likeness (QED) is 0.785. The fraction of sp³-hybridized carbons (Fsp3) is 0. The Morgan fingerprint density at radius 3 is 2.25 bits per heavy atom. The lowest BCUT2D eigenvalue weighted by Gasteiger charge is -2.03. The molecule has 82 valence electrons. The van der Waals surface area contributed by atoms with Crippen LogP contribution in [0, 0.1) is 5.82 Å². The van der Waals surface area contributed by atoms with Crippen LogP contribution in [0.1, 0.15) is 0 Å². The van der Waals surface area contributed by atoms with Gasteiger partial charge >= 0.3 is 0 Å². The number of phenolic OH excluding ortho intramolecular Hbond substituents is 1. The van der Waals surface area contributed by atoms with E-state index in [0.29, 0.717) is 5.69 Å². The minimum Gasteiger partial charge on any atom is -0.505 e. The molecule has 0 amide bonds. The van der Waals surface area contributed by atoms with Crippen molar-refractivity contribution in [1.82, 2.24) is 0 Å². The van der Waals surface area contributed by atoms with Crippen molar-refractivity contribution in [2.45, 2.75) is 9.79 Å². The molecule has 0 atom stereocenters. The Morgan fingerprint density at radius 1 is 1.00 bits per heavy atom. The summed E-state index contributed by atoms with van der Waals surface area (Å²) in [7, 11) is 0. The monoisotopic (exact) mass is 235 g/mol. The molecule has 3 N–H and O–H groups in total. The van der Waals surface area contributed by atoms with Crippen LogP contribution in [0.25, 0.3) is 0 Å². The maximum Gasteiger partial charge on any atom is 0.165 e. The summed E-state index contributed by atoms with van der Waals surface area (Å²) in [4.78, 5) is 1.71. The molecule has 4 heteroatoms. The van der Waals surface area contributed by atoms with Crippen molar-refractivity contribution >= 4 is 17.4 Å². The molecule has 0 saturated carbocycles. The van der Waals surface area contributed by atoms with Crippen LogP contribution in [-0.4, -0.2) is 5.11 Å². The highest BCUT2D eigenvalue weighted by Crippen LogP contribution is 2.30. The average Bonchev–Trinajstić information content (AvgIpc) is 2.27. The van der Waals surface area contributed by atoms with Crippen LogP contribution in [0.4, 0.5) is 10.1 Å². The van der Waals surface area contributed by atoms with Crippen LogP contribution in [-0.2, 0) is 0 Å². The van der Waals surface area contributed by atoms with Gasteiger partial charge in [0.1, 0.15) is 0 Å². The molecule has 2 aromatic rings. The number of aromatic hydroxyl groups is 1. The third kappa shape index (κ3) is 2.46. The predicted molar refractivity (Wildman–Crippen MR) is 63.0 cm³/mol. The maximum absolute atomic E-state index is 13.1. The van der Waals surface area contributed by atoms with E-state index in [2.05, 4.69) is 0 Å². The fourth-order valence-corrected chi connectivity index (χ4v) is 2.07. The maximum atomic E-state index is 13.1. The third-order valence-corrected chi connectivity index (χ3v) is 3.03. The zero-order chi connectivity index (χ0) is 11.5. The van der Waals surface area contributed by atoms with Gasteiger partial charge in [-0.2, -0.15) is 0 Å². The van der Waals surface area contributed by atoms with Crippen LogP contribution in [0.3, 0.4) is 0 Å². The molecule has 0 aliphatic rings. The van der Waals surface area contributed by atoms with Crippen molar-refractivity contribution in [2.24, 2.45) is 0 Å². The molecule has 0 radical (unpaired) electrons. The number of hydrogen-bond donors (Lipinski definition) is 2. The van der Waals surface area contributed by atoms with Gasteiger partial charge in [0.15, 0.2) is 11.6 Å².